The second-order valence-electron chi connectivity index (χ2n) is 1.79. The van der Waals surface area contributed by atoms with E-state index in [0.29, 0.717) is 5.76 Å². The van der Waals surface area contributed by atoms with Crippen molar-refractivity contribution in [1.82, 2.24) is 0 Å². The summed E-state index contributed by atoms with van der Waals surface area (Å²) in [6.45, 7) is 1.74. The first-order valence-corrected chi connectivity index (χ1v) is 2.97. The molecule has 0 rings (SSSR count). The van der Waals surface area contributed by atoms with Crippen LogP contribution in [0.3, 0.4) is 0 Å². The molecule has 0 aliphatic carbocycles. The summed E-state index contributed by atoms with van der Waals surface area (Å²) >= 11 is 0. The fraction of sp³-hybridized carbons (Fsp3) is 0.250. The molecule has 0 atom stereocenters. The van der Waals surface area contributed by atoms with E-state index in [0.717, 1.165) is 0 Å². The molecule has 0 aliphatic rings. The molecule has 11 heavy (non-hydrogen) atoms. The predicted octanol–water partition coefficient (Wildman–Crippen LogP) is 1.51. The van der Waals surface area contributed by atoms with E-state index in [-0.39, 0.29) is 5.57 Å². The summed E-state index contributed by atoms with van der Waals surface area (Å²) in [7, 11) is 1.53. The van der Waals surface area contributed by atoms with Crippen LogP contribution < -0.4 is 0 Å². The smallest absolute Gasteiger partial charge is 0.129 e. The summed E-state index contributed by atoms with van der Waals surface area (Å²) in [4.78, 5) is 0. The third-order valence-corrected chi connectivity index (χ3v) is 1.05. The van der Waals surface area contributed by atoms with Crippen molar-refractivity contribution in [3.63, 3.8) is 0 Å². The standard InChI is InChI=1S/C8H8N2O/c1-7(11-2)3-4-8(5-9)6-10/h3-4H,1-2H3/b7-3-. The third kappa shape index (κ3) is 3.77. The Bertz CT molecular complexity index is 247. The average Bonchev–Trinajstić information content (AvgIpc) is 2.06. The zero-order valence-corrected chi connectivity index (χ0v) is 6.46. The van der Waals surface area contributed by atoms with Gasteiger partial charge in [-0.15, -0.1) is 0 Å². The number of nitrogens with zero attached hydrogens (tertiary/aromatic N) is 2. The molecule has 56 valence electrons. The van der Waals surface area contributed by atoms with Crippen molar-refractivity contribution in [1.29, 1.82) is 10.5 Å². The predicted molar refractivity (Wildman–Crippen MR) is 40.1 cm³/mol. The monoisotopic (exact) mass is 148 g/mol. The minimum Gasteiger partial charge on any atom is -0.501 e. The summed E-state index contributed by atoms with van der Waals surface area (Å²) in [5.74, 6) is 0.660. The van der Waals surface area contributed by atoms with Gasteiger partial charge in [0.1, 0.15) is 17.7 Å². The number of ether oxygens (including phenoxy) is 1. The Balaban J connectivity index is 4.37. The largest absolute Gasteiger partial charge is 0.501 e. The first kappa shape index (κ1) is 9.26. The number of hydrogen-bond donors (Lipinski definition) is 0. The number of rotatable bonds is 2. The molecule has 0 amide bonds. The summed E-state index contributed by atoms with van der Waals surface area (Å²) in [5.41, 5.74) is 0.0707. The van der Waals surface area contributed by atoms with Crippen LogP contribution in [0.25, 0.3) is 0 Å². The highest BCUT2D eigenvalue weighted by Gasteiger charge is 1.87. The van der Waals surface area contributed by atoms with E-state index in [1.807, 2.05) is 0 Å². The van der Waals surface area contributed by atoms with E-state index in [2.05, 4.69) is 0 Å². The third-order valence-electron chi connectivity index (χ3n) is 1.05. The van der Waals surface area contributed by atoms with Crippen molar-refractivity contribution in [2.24, 2.45) is 0 Å². The Labute approximate surface area is 65.8 Å². The molecule has 3 heteroatoms. The van der Waals surface area contributed by atoms with Crippen molar-refractivity contribution in [2.45, 2.75) is 6.92 Å². The Morgan fingerprint density at radius 3 is 2.18 bits per heavy atom. The molecular weight excluding hydrogens is 140 g/mol. The van der Waals surface area contributed by atoms with Gasteiger partial charge >= 0.3 is 0 Å². The van der Waals surface area contributed by atoms with Crippen molar-refractivity contribution in [3.8, 4) is 12.1 Å². The van der Waals surface area contributed by atoms with E-state index in [9.17, 15) is 0 Å². The highest BCUT2D eigenvalue weighted by Crippen LogP contribution is 1.96. The number of methoxy groups -OCH3 is 1. The first-order chi connectivity index (χ1) is 5.24. The summed E-state index contributed by atoms with van der Waals surface area (Å²) in [5, 5.41) is 16.6. The lowest BCUT2D eigenvalue weighted by molar-refractivity contribution is 0.294. The Hall–Kier alpha value is -1.74. The molecule has 0 heterocycles. The molecule has 0 aromatic heterocycles. The van der Waals surface area contributed by atoms with Crippen LogP contribution in [-0.2, 0) is 4.74 Å². The molecule has 0 bridgehead atoms. The van der Waals surface area contributed by atoms with Crippen molar-refractivity contribution >= 4 is 0 Å². The van der Waals surface area contributed by atoms with Gasteiger partial charge in [0, 0.05) is 0 Å². The van der Waals surface area contributed by atoms with E-state index in [1.165, 1.54) is 13.2 Å². The number of allylic oxidation sites excluding steroid dienone is 4. The van der Waals surface area contributed by atoms with Crippen LogP contribution in [0.15, 0.2) is 23.5 Å². The van der Waals surface area contributed by atoms with Gasteiger partial charge in [0.25, 0.3) is 0 Å². The van der Waals surface area contributed by atoms with Gasteiger partial charge in [-0.05, 0) is 19.1 Å². The molecule has 0 N–H and O–H groups in total. The molecule has 0 saturated carbocycles. The molecule has 0 aromatic rings. The van der Waals surface area contributed by atoms with Crippen molar-refractivity contribution in [3.05, 3.63) is 23.5 Å². The fourth-order valence-corrected chi connectivity index (χ4v) is 0.368. The van der Waals surface area contributed by atoms with Gasteiger partial charge in [0.05, 0.1) is 12.9 Å². The van der Waals surface area contributed by atoms with Crippen LogP contribution in [0.2, 0.25) is 0 Å². The maximum Gasteiger partial charge on any atom is 0.129 e. The van der Waals surface area contributed by atoms with Gasteiger partial charge in [-0.1, -0.05) is 0 Å². The summed E-state index contributed by atoms with van der Waals surface area (Å²) in [6, 6.07) is 3.46. The molecule has 3 nitrogen and oxygen atoms in total. The molecule has 0 aromatic carbocycles. The van der Waals surface area contributed by atoms with Crippen LogP contribution >= 0.6 is 0 Å². The zero-order valence-electron chi connectivity index (χ0n) is 6.46. The number of nitriles is 2. The van der Waals surface area contributed by atoms with Gasteiger partial charge < -0.3 is 4.74 Å². The fourth-order valence-electron chi connectivity index (χ4n) is 0.368. The highest BCUT2D eigenvalue weighted by molar-refractivity contribution is 5.38. The quantitative estimate of drug-likeness (QED) is 0.339. The van der Waals surface area contributed by atoms with Crippen LogP contribution in [0.1, 0.15) is 6.92 Å². The van der Waals surface area contributed by atoms with Crippen LogP contribution in [0.4, 0.5) is 0 Å². The SMILES string of the molecule is CO/C(C)=C\C=C(C#N)C#N. The van der Waals surface area contributed by atoms with Gasteiger partial charge in [0.15, 0.2) is 0 Å². The lowest BCUT2D eigenvalue weighted by Gasteiger charge is -1.93. The van der Waals surface area contributed by atoms with Gasteiger partial charge in [-0.2, -0.15) is 10.5 Å². The Morgan fingerprint density at radius 2 is 1.82 bits per heavy atom. The minimum absolute atomic E-state index is 0.0707. The first-order valence-electron chi connectivity index (χ1n) is 2.97. The molecule has 0 fully saturated rings. The van der Waals surface area contributed by atoms with Crippen LogP contribution in [0, 0.1) is 22.7 Å². The van der Waals surface area contributed by atoms with Crippen molar-refractivity contribution < 1.29 is 4.74 Å². The maximum atomic E-state index is 8.30. The average molecular weight is 148 g/mol. The highest BCUT2D eigenvalue weighted by atomic mass is 16.5. The van der Waals surface area contributed by atoms with Crippen molar-refractivity contribution in [2.75, 3.05) is 7.11 Å². The second kappa shape index (κ2) is 5.08. The molecule has 0 unspecified atom stereocenters. The lowest BCUT2D eigenvalue weighted by Crippen LogP contribution is -1.77. The summed E-state index contributed by atoms with van der Waals surface area (Å²) in [6.07, 6.45) is 2.99. The Kier molecular flexibility index (Phi) is 4.27. The van der Waals surface area contributed by atoms with E-state index < -0.39 is 0 Å². The summed E-state index contributed by atoms with van der Waals surface area (Å²) < 4.78 is 4.79. The van der Waals surface area contributed by atoms with Gasteiger partial charge in [-0.25, -0.2) is 0 Å². The Morgan fingerprint density at radius 1 is 1.27 bits per heavy atom. The molecular formula is C8H8N2O. The van der Waals surface area contributed by atoms with E-state index in [4.69, 9.17) is 15.3 Å². The molecule has 0 saturated heterocycles. The van der Waals surface area contributed by atoms with Gasteiger partial charge in [0.2, 0.25) is 0 Å². The van der Waals surface area contributed by atoms with E-state index in [1.54, 1.807) is 25.1 Å². The molecule has 0 spiro atoms. The zero-order chi connectivity index (χ0) is 8.69. The van der Waals surface area contributed by atoms with Crippen LogP contribution in [-0.4, -0.2) is 7.11 Å². The number of hydrogen-bond acceptors (Lipinski definition) is 3. The topological polar surface area (TPSA) is 56.8 Å². The molecule has 0 radical (unpaired) electrons. The van der Waals surface area contributed by atoms with Gasteiger partial charge in [-0.3, -0.25) is 0 Å². The normalized spacial score (nSPS) is 9.27. The lowest BCUT2D eigenvalue weighted by atomic mass is 10.3. The second-order valence-corrected chi connectivity index (χ2v) is 1.79. The van der Waals surface area contributed by atoms with E-state index >= 15 is 0 Å². The maximum absolute atomic E-state index is 8.30. The molecule has 0 aliphatic heterocycles. The van der Waals surface area contributed by atoms with Crippen LogP contribution in [0.5, 0.6) is 0 Å². The minimum atomic E-state index is 0.0707.